The number of nitrogens with zero attached hydrogens (tertiary/aromatic N) is 3. The van der Waals surface area contributed by atoms with Crippen LogP contribution in [-0.2, 0) is 11.2 Å². The van der Waals surface area contributed by atoms with Gasteiger partial charge in [0, 0.05) is 19.0 Å². The van der Waals surface area contributed by atoms with Gasteiger partial charge in [-0.1, -0.05) is 50.6 Å². The van der Waals surface area contributed by atoms with E-state index in [9.17, 15) is 4.79 Å². The van der Waals surface area contributed by atoms with Gasteiger partial charge in [-0.2, -0.15) is 0 Å². The molecule has 0 aliphatic heterocycles. The maximum Gasteiger partial charge on any atom is 0.227 e. The van der Waals surface area contributed by atoms with Crippen molar-refractivity contribution in [3.63, 3.8) is 0 Å². The van der Waals surface area contributed by atoms with Crippen LogP contribution in [0.3, 0.4) is 0 Å². The van der Waals surface area contributed by atoms with Crippen molar-refractivity contribution in [2.24, 2.45) is 5.92 Å². The second kappa shape index (κ2) is 7.60. The van der Waals surface area contributed by atoms with Crippen LogP contribution in [0.1, 0.15) is 56.5 Å². The van der Waals surface area contributed by atoms with E-state index in [4.69, 9.17) is 0 Å². The highest BCUT2D eigenvalue weighted by Gasteiger charge is 2.27. The van der Waals surface area contributed by atoms with E-state index >= 15 is 0 Å². The van der Waals surface area contributed by atoms with Crippen molar-refractivity contribution in [3.8, 4) is 0 Å². The lowest BCUT2D eigenvalue weighted by molar-refractivity contribution is -0.123. The standard InChI is InChI=1S/C19H26N4O/c1-3-14(2)18(15-7-5-4-6-8-15)19(24)20-12-11-17-22-21-13-23(17)16-9-10-16/h4-8,13-14,16,18H,3,9-12H2,1-2H3,(H,20,24)/t14-,18+/m1/s1. The summed E-state index contributed by atoms with van der Waals surface area (Å²) in [5.41, 5.74) is 1.09. The maximum atomic E-state index is 12.7. The molecule has 0 saturated heterocycles. The van der Waals surface area contributed by atoms with E-state index in [0.717, 1.165) is 24.2 Å². The van der Waals surface area contributed by atoms with Gasteiger partial charge in [-0.15, -0.1) is 10.2 Å². The Labute approximate surface area is 143 Å². The van der Waals surface area contributed by atoms with Crippen molar-refractivity contribution in [1.82, 2.24) is 20.1 Å². The highest BCUT2D eigenvalue weighted by Crippen LogP contribution is 2.35. The zero-order valence-corrected chi connectivity index (χ0v) is 14.5. The van der Waals surface area contributed by atoms with Crippen LogP contribution in [0.4, 0.5) is 0 Å². The quantitative estimate of drug-likeness (QED) is 0.811. The minimum Gasteiger partial charge on any atom is -0.355 e. The van der Waals surface area contributed by atoms with Crippen LogP contribution in [0.5, 0.6) is 0 Å². The average Bonchev–Trinajstić information content (AvgIpc) is 3.35. The van der Waals surface area contributed by atoms with Crippen LogP contribution >= 0.6 is 0 Å². The van der Waals surface area contributed by atoms with Crippen molar-refractivity contribution < 1.29 is 4.79 Å². The molecule has 1 N–H and O–H groups in total. The first-order chi connectivity index (χ1) is 11.7. The molecule has 5 heteroatoms. The molecule has 1 aliphatic carbocycles. The average molecular weight is 326 g/mol. The fraction of sp³-hybridized carbons (Fsp3) is 0.526. The molecule has 0 radical (unpaired) electrons. The Kier molecular flexibility index (Phi) is 5.28. The molecule has 128 valence electrons. The van der Waals surface area contributed by atoms with Gasteiger partial charge in [0.25, 0.3) is 0 Å². The van der Waals surface area contributed by atoms with Crippen LogP contribution in [0.25, 0.3) is 0 Å². The van der Waals surface area contributed by atoms with E-state index in [1.54, 1.807) is 6.33 Å². The monoisotopic (exact) mass is 326 g/mol. The second-order valence-electron chi connectivity index (χ2n) is 6.70. The molecule has 2 aromatic rings. The van der Waals surface area contributed by atoms with Crippen molar-refractivity contribution in [2.45, 2.75) is 51.5 Å². The molecule has 2 atom stereocenters. The summed E-state index contributed by atoms with van der Waals surface area (Å²) in [6.45, 7) is 4.87. The van der Waals surface area contributed by atoms with Gasteiger partial charge < -0.3 is 9.88 Å². The van der Waals surface area contributed by atoms with Crippen molar-refractivity contribution in [3.05, 3.63) is 48.0 Å². The van der Waals surface area contributed by atoms with Crippen molar-refractivity contribution in [2.75, 3.05) is 6.54 Å². The third-order valence-corrected chi connectivity index (χ3v) is 4.89. The number of hydrogen-bond donors (Lipinski definition) is 1. The summed E-state index contributed by atoms with van der Waals surface area (Å²) in [4.78, 5) is 12.7. The molecule has 1 aromatic carbocycles. The number of benzene rings is 1. The number of carbonyl (C=O) groups is 1. The summed E-state index contributed by atoms with van der Waals surface area (Å²) in [5, 5.41) is 11.3. The topological polar surface area (TPSA) is 59.8 Å². The first kappa shape index (κ1) is 16.7. The first-order valence-corrected chi connectivity index (χ1v) is 8.91. The van der Waals surface area contributed by atoms with Crippen LogP contribution in [0, 0.1) is 5.92 Å². The molecule has 5 nitrogen and oxygen atoms in total. The second-order valence-corrected chi connectivity index (χ2v) is 6.70. The molecular formula is C19H26N4O. The minimum absolute atomic E-state index is 0.0995. The Bertz CT molecular complexity index is 663. The lowest BCUT2D eigenvalue weighted by atomic mass is 9.85. The van der Waals surface area contributed by atoms with Crippen LogP contribution in [0.15, 0.2) is 36.7 Å². The Hall–Kier alpha value is -2.17. The van der Waals surface area contributed by atoms with Gasteiger partial charge in [-0.25, -0.2) is 0 Å². The molecule has 1 fully saturated rings. The smallest absolute Gasteiger partial charge is 0.227 e. The predicted octanol–water partition coefficient (Wildman–Crippen LogP) is 3.10. The van der Waals surface area contributed by atoms with Gasteiger partial charge in [0.2, 0.25) is 5.91 Å². The van der Waals surface area contributed by atoms with Gasteiger partial charge in [0.15, 0.2) is 0 Å². The Morgan fingerprint density at radius 3 is 2.75 bits per heavy atom. The van der Waals surface area contributed by atoms with E-state index in [2.05, 4.69) is 33.9 Å². The molecule has 3 rings (SSSR count). The SMILES string of the molecule is CC[C@@H](C)[C@H](C(=O)NCCc1nncn1C1CC1)c1ccccc1. The van der Waals surface area contributed by atoms with Crippen molar-refractivity contribution >= 4 is 5.91 Å². The third kappa shape index (κ3) is 3.83. The third-order valence-electron chi connectivity index (χ3n) is 4.89. The molecule has 1 amide bonds. The van der Waals surface area contributed by atoms with Gasteiger partial charge >= 0.3 is 0 Å². The summed E-state index contributed by atoms with van der Waals surface area (Å²) < 4.78 is 2.15. The van der Waals surface area contributed by atoms with E-state index in [0.29, 0.717) is 18.5 Å². The zero-order valence-electron chi connectivity index (χ0n) is 14.5. The number of aromatic nitrogens is 3. The van der Waals surface area contributed by atoms with Crippen LogP contribution < -0.4 is 5.32 Å². The molecular weight excluding hydrogens is 300 g/mol. The molecule has 1 aliphatic rings. The molecule has 1 aromatic heterocycles. The van der Waals surface area contributed by atoms with E-state index in [1.807, 2.05) is 30.3 Å². The fourth-order valence-electron chi connectivity index (χ4n) is 3.15. The maximum absolute atomic E-state index is 12.7. The number of hydrogen-bond acceptors (Lipinski definition) is 3. The highest BCUT2D eigenvalue weighted by molar-refractivity contribution is 5.83. The number of rotatable bonds is 8. The zero-order chi connectivity index (χ0) is 16.9. The Balaban J connectivity index is 1.60. The number of carbonyl (C=O) groups excluding carboxylic acids is 1. The van der Waals surface area contributed by atoms with Gasteiger partial charge in [-0.3, -0.25) is 4.79 Å². The Morgan fingerprint density at radius 2 is 2.08 bits per heavy atom. The van der Waals surface area contributed by atoms with Crippen LogP contribution in [-0.4, -0.2) is 27.2 Å². The number of nitrogens with one attached hydrogen (secondary N) is 1. The van der Waals surface area contributed by atoms with Gasteiger partial charge in [0.05, 0.1) is 5.92 Å². The van der Waals surface area contributed by atoms with E-state index < -0.39 is 0 Å². The predicted molar refractivity (Wildman–Crippen MR) is 93.6 cm³/mol. The van der Waals surface area contributed by atoms with E-state index in [-0.39, 0.29) is 11.8 Å². The lowest BCUT2D eigenvalue weighted by Gasteiger charge is -2.22. The molecule has 0 spiro atoms. The van der Waals surface area contributed by atoms with Crippen molar-refractivity contribution in [1.29, 1.82) is 0 Å². The van der Waals surface area contributed by atoms with Gasteiger partial charge in [0.1, 0.15) is 12.2 Å². The molecule has 1 saturated carbocycles. The summed E-state index contributed by atoms with van der Waals surface area (Å²) in [6, 6.07) is 10.6. The van der Waals surface area contributed by atoms with E-state index in [1.165, 1.54) is 12.8 Å². The molecule has 0 bridgehead atoms. The fourth-order valence-corrected chi connectivity index (χ4v) is 3.15. The molecule has 1 heterocycles. The van der Waals surface area contributed by atoms with Crippen LogP contribution in [0.2, 0.25) is 0 Å². The molecule has 0 unspecified atom stereocenters. The summed E-state index contributed by atoms with van der Waals surface area (Å²) >= 11 is 0. The largest absolute Gasteiger partial charge is 0.355 e. The first-order valence-electron chi connectivity index (χ1n) is 8.91. The number of amides is 1. The highest BCUT2D eigenvalue weighted by atomic mass is 16.1. The summed E-state index contributed by atoms with van der Waals surface area (Å²) in [6.07, 6.45) is 5.93. The molecule has 24 heavy (non-hydrogen) atoms. The Morgan fingerprint density at radius 1 is 1.33 bits per heavy atom. The normalized spacial score (nSPS) is 16.6. The lowest BCUT2D eigenvalue weighted by Crippen LogP contribution is -2.34. The van der Waals surface area contributed by atoms with Gasteiger partial charge in [-0.05, 0) is 24.3 Å². The summed E-state index contributed by atoms with van der Waals surface area (Å²) in [7, 11) is 0. The summed E-state index contributed by atoms with van der Waals surface area (Å²) in [5.74, 6) is 1.28. The minimum atomic E-state index is -0.0995.